The third kappa shape index (κ3) is 8.21. The maximum Gasteiger partial charge on any atom is 0.305 e. The SMILES string of the molecule is CC(CCCC(=O)O)NC(=O)C(N)CC(=O)O. The lowest BCUT2D eigenvalue weighted by molar-refractivity contribution is -0.139. The largest absolute Gasteiger partial charge is 0.481 e. The van der Waals surface area contributed by atoms with E-state index in [1.165, 1.54) is 0 Å². The quantitative estimate of drug-likeness (QED) is 0.459. The highest BCUT2D eigenvalue weighted by atomic mass is 16.4. The van der Waals surface area contributed by atoms with Gasteiger partial charge in [-0.2, -0.15) is 0 Å². The molecule has 7 nitrogen and oxygen atoms in total. The summed E-state index contributed by atoms with van der Waals surface area (Å²) in [5.41, 5.74) is 5.36. The van der Waals surface area contributed by atoms with Crippen molar-refractivity contribution in [1.82, 2.24) is 5.32 Å². The van der Waals surface area contributed by atoms with Crippen LogP contribution >= 0.6 is 0 Å². The average molecular weight is 246 g/mol. The molecule has 0 radical (unpaired) electrons. The topological polar surface area (TPSA) is 130 Å². The molecule has 2 unspecified atom stereocenters. The monoisotopic (exact) mass is 246 g/mol. The summed E-state index contributed by atoms with van der Waals surface area (Å²) >= 11 is 0. The van der Waals surface area contributed by atoms with Crippen LogP contribution in [0.1, 0.15) is 32.6 Å². The Balaban J connectivity index is 3.86. The van der Waals surface area contributed by atoms with Gasteiger partial charge < -0.3 is 21.3 Å². The number of aliphatic carboxylic acids is 2. The van der Waals surface area contributed by atoms with Gasteiger partial charge in [-0.25, -0.2) is 0 Å². The van der Waals surface area contributed by atoms with E-state index in [1.54, 1.807) is 6.92 Å². The van der Waals surface area contributed by atoms with Crippen LogP contribution in [-0.4, -0.2) is 40.1 Å². The molecule has 0 aliphatic heterocycles. The summed E-state index contributed by atoms with van der Waals surface area (Å²) in [5.74, 6) is -2.55. The lowest BCUT2D eigenvalue weighted by Crippen LogP contribution is -2.45. The summed E-state index contributed by atoms with van der Waals surface area (Å²) in [6.45, 7) is 1.72. The zero-order valence-corrected chi connectivity index (χ0v) is 9.68. The molecule has 7 heteroatoms. The van der Waals surface area contributed by atoms with Crippen LogP contribution in [0.2, 0.25) is 0 Å². The second-order valence-corrected chi connectivity index (χ2v) is 3.90. The Morgan fingerprint density at radius 2 is 1.82 bits per heavy atom. The lowest BCUT2D eigenvalue weighted by Gasteiger charge is -2.16. The maximum absolute atomic E-state index is 11.4. The van der Waals surface area contributed by atoms with Crippen LogP contribution in [0.4, 0.5) is 0 Å². The fourth-order valence-electron chi connectivity index (χ4n) is 1.26. The molecule has 0 fully saturated rings. The van der Waals surface area contributed by atoms with Crippen LogP contribution in [0, 0.1) is 0 Å². The Hall–Kier alpha value is -1.63. The zero-order valence-electron chi connectivity index (χ0n) is 9.68. The Labute approximate surface area is 99.0 Å². The molecule has 0 aromatic heterocycles. The highest BCUT2D eigenvalue weighted by Crippen LogP contribution is 2.01. The van der Waals surface area contributed by atoms with Crippen LogP contribution in [0.15, 0.2) is 0 Å². The van der Waals surface area contributed by atoms with E-state index >= 15 is 0 Å². The van der Waals surface area contributed by atoms with E-state index in [-0.39, 0.29) is 12.5 Å². The standard InChI is InChI=1S/C10H18N2O5/c1-6(3-2-4-8(13)14)12-10(17)7(11)5-9(15)16/h6-7H,2-5,11H2,1H3,(H,12,17)(H,13,14)(H,15,16). The minimum absolute atomic E-state index is 0.0430. The summed E-state index contributed by atoms with van der Waals surface area (Å²) in [5, 5.41) is 19.4. The number of hydrogen-bond donors (Lipinski definition) is 4. The van der Waals surface area contributed by atoms with Crippen molar-refractivity contribution in [3.8, 4) is 0 Å². The number of nitrogens with two attached hydrogens (primary N) is 1. The van der Waals surface area contributed by atoms with Crippen molar-refractivity contribution in [3.63, 3.8) is 0 Å². The normalized spacial score (nSPS) is 13.8. The van der Waals surface area contributed by atoms with Gasteiger partial charge >= 0.3 is 11.9 Å². The van der Waals surface area contributed by atoms with Crippen molar-refractivity contribution >= 4 is 17.8 Å². The molecule has 0 saturated carbocycles. The Morgan fingerprint density at radius 1 is 1.24 bits per heavy atom. The molecule has 0 aliphatic rings. The third-order valence-corrected chi connectivity index (χ3v) is 2.15. The van der Waals surface area contributed by atoms with Crippen molar-refractivity contribution < 1.29 is 24.6 Å². The Bertz CT molecular complexity index is 292. The first-order valence-electron chi connectivity index (χ1n) is 5.32. The zero-order chi connectivity index (χ0) is 13.4. The molecule has 0 aromatic carbocycles. The van der Waals surface area contributed by atoms with Gasteiger partial charge in [0.25, 0.3) is 0 Å². The average Bonchev–Trinajstić information content (AvgIpc) is 2.15. The van der Waals surface area contributed by atoms with Crippen molar-refractivity contribution in [2.45, 2.75) is 44.7 Å². The first-order chi connectivity index (χ1) is 7.82. The number of carbonyl (C=O) groups excluding carboxylic acids is 1. The summed E-state index contributed by atoms with van der Waals surface area (Å²) in [4.78, 5) is 32.0. The number of carbonyl (C=O) groups is 3. The van der Waals surface area contributed by atoms with Crippen LogP contribution in [-0.2, 0) is 14.4 Å². The predicted molar refractivity (Wildman–Crippen MR) is 59.3 cm³/mol. The number of carboxylic acid groups (broad SMARTS) is 2. The van der Waals surface area contributed by atoms with E-state index in [4.69, 9.17) is 15.9 Å². The summed E-state index contributed by atoms with van der Waals surface area (Å²) in [6.07, 6.45) is 0.581. The lowest BCUT2D eigenvalue weighted by atomic mass is 10.1. The molecule has 0 aliphatic carbocycles. The summed E-state index contributed by atoms with van der Waals surface area (Å²) < 4.78 is 0. The second kappa shape index (κ2) is 7.61. The van der Waals surface area contributed by atoms with E-state index in [0.29, 0.717) is 12.8 Å². The number of nitrogens with one attached hydrogen (secondary N) is 1. The molecular weight excluding hydrogens is 228 g/mol. The van der Waals surface area contributed by atoms with Crippen LogP contribution in [0.3, 0.4) is 0 Å². The Kier molecular flexibility index (Phi) is 6.88. The first kappa shape index (κ1) is 15.4. The van der Waals surface area contributed by atoms with Crippen molar-refractivity contribution in [1.29, 1.82) is 0 Å². The maximum atomic E-state index is 11.4. The predicted octanol–water partition coefficient (Wildman–Crippen LogP) is -0.452. The highest BCUT2D eigenvalue weighted by Gasteiger charge is 2.18. The van der Waals surface area contributed by atoms with Gasteiger partial charge in [0.2, 0.25) is 5.91 Å². The van der Waals surface area contributed by atoms with E-state index in [1.807, 2.05) is 0 Å². The van der Waals surface area contributed by atoms with Crippen LogP contribution in [0.5, 0.6) is 0 Å². The molecule has 1 amide bonds. The van der Waals surface area contributed by atoms with Gasteiger partial charge in [-0.05, 0) is 19.8 Å². The molecule has 0 rings (SSSR count). The molecule has 0 aromatic rings. The summed E-state index contributed by atoms with van der Waals surface area (Å²) in [6, 6.07) is -1.30. The number of hydrogen-bond acceptors (Lipinski definition) is 4. The van der Waals surface area contributed by atoms with E-state index in [2.05, 4.69) is 5.32 Å². The molecule has 5 N–H and O–H groups in total. The van der Waals surface area contributed by atoms with E-state index in [9.17, 15) is 14.4 Å². The molecule has 0 saturated heterocycles. The highest BCUT2D eigenvalue weighted by molar-refractivity contribution is 5.86. The fraction of sp³-hybridized carbons (Fsp3) is 0.700. The molecule has 0 spiro atoms. The molecule has 0 bridgehead atoms. The first-order valence-corrected chi connectivity index (χ1v) is 5.32. The van der Waals surface area contributed by atoms with Crippen LogP contribution in [0.25, 0.3) is 0 Å². The van der Waals surface area contributed by atoms with Gasteiger partial charge in [-0.1, -0.05) is 0 Å². The van der Waals surface area contributed by atoms with E-state index in [0.717, 1.165) is 0 Å². The number of amides is 1. The molecule has 17 heavy (non-hydrogen) atoms. The summed E-state index contributed by atoms with van der Waals surface area (Å²) in [7, 11) is 0. The van der Waals surface area contributed by atoms with Gasteiger partial charge in [-0.15, -0.1) is 0 Å². The number of rotatable bonds is 8. The van der Waals surface area contributed by atoms with Gasteiger partial charge in [-0.3, -0.25) is 14.4 Å². The molecular formula is C10H18N2O5. The van der Waals surface area contributed by atoms with Crippen molar-refractivity contribution in [2.75, 3.05) is 0 Å². The third-order valence-electron chi connectivity index (χ3n) is 2.15. The smallest absolute Gasteiger partial charge is 0.305 e. The Morgan fingerprint density at radius 3 is 2.29 bits per heavy atom. The van der Waals surface area contributed by atoms with Gasteiger partial charge in [0.1, 0.15) is 0 Å². The van der Waals surface area contributed by atoms with Crippen molar-refractivity contribution in [2.24, 2.45) is 5.73 Å². The van der Waals surface area contributed by atoms with Crippen molar-refractivity contribution in [3.05, 3.63) is 0 Å². The minimum Gasteiger partial charge on any atom is -0.481 e. The molecule has 2 atom stereocenters. The minimum atomic E-state index is -1.13. The molecule has 0 heterocycles. The second-order valence-electron chi connectivity index (χ2n) is 3.90. The van der Waals surface area contributed by atoms with Crippen LogP contribution < -0.4 is 11.1 Å². The van der Waals surface area contributed by atoms with E-state index < -0.39 is 30.3 Å². The van der Waals surface area contributed by atoms with Gasteiger partial charge in [0.05, 0.1) is 12.5 Å². The fourth-order valence-corrected chi connectivity index (χ4v) is 1.26. The molecule has 98 valence electrons. The van der Waals surface area contributed by atoms with Gasteiger partial charge in [0.15, 0.2) is 0 Å². The van der Waals surface area contributed by atoms with Gasteiger partial charge in [0, 0.05) is 12.5 Å². The number of carboxylic acids is 2.